The molecule has 7 heteroatoms. The summed E-state index contributed by atoms with van der Waals surface area (Å²) in [5.74, 6) is 0.549. The number of anilines is 2. The summed E-state index contributed by atoms with van der Waals surface area (Å²) >= 11 is 0. The lowest BCUT2D eigenvalue weighted by molar-refractivity contribution is -0.121. The number of aromatic nitrogens is 2. The minimum Gasteiger partial charge on any atom is -0.368 e. The van der Waals surface area contributed by atoms with Crippen molar-refractivity contribution < 1.29 is 4.79 Å². The van der Waals surface area contributed by atoms with Crippen molar-refractivity contribution in [2.45, 2.75) is 19.9 Å². The number of rotatable bonds is 6. The number of hydrogen-bond acceptors (Lipinski definition) is 5. The van der Waals surface area contributed by atoms with Crippen LogP contribution in [0.1, 0.15) is 13.3 Å². The van der Waals surface area contributed by atoms with Crippen molar-refractivity contribution in [2.75, 3.05) is 42.5 Å². The molecule has 0 radical (unpaired) electrons. The van der Waals surface area contributed by atoms with E-state index in [2.05, 4.69) is 32.3 Å². The molecule has 0 atom stereocenters. The molecule has 2 aromatic rings. The van der Waals surface area contributed by atoms with E-state index in [0.29, 0.717) is 6.54 Å². The number of amides is 1. The van der Waals surface area contributed by atoms with Gasteiger partial charge in [-0.25, -0.2) is 4.68 Å². The van der Waals surface area contributed by atoms with E-state index in [1.807, 2.05) is 25.1 Å². The first-order chi connectivity index (χ1) is 12.7. The smallest absolute Gasteiger partial charge is 0.267 e. The summed E-state index contributed by atoms with van der Waals surface area (Å²) in [4.78, 5) is 28.4. The summed E-state index contributed by atoms with van der Waals surface area (Å²) in [6.07, 6.45) is 0.861. The van der Waals surface area contributed by atoms with Crippen LogP contribution >= 0.6 is 0 Å². The molecule has 1 aromatic carbocycles. The number of piperazine rings is 1. The molecule has 138 valence electrons. The Bertz CT molecular complexity index is 782. The van der Waals surface area contributed by atoms with Crippen LogP contribution in [0, 0.1) is 0 Å². The van der Waals surface area contributed by atoms with Gasteiger partial charge in [0.25, 0.3) is 5.56 Å². The fraction of sp³-hybridized carbons (Fsp3) is 0.421. The summed E-state index contributed by atoms with van der Waals surface area (Å²) in [6, 6.07) is 13.6. The highest BCUT2D eigenvalue weighted by Gasteiger charge is 2.19. The van der Waals surface area contributed by atoms with Crippen LogP contribution in [-0.2, 0) is 11.3 Å². The van der Waals surface area contributed by atoms with Crippen LogP contribution in [0.5, 0.6) is 0 Å². The van der Waals surface area contributed by atoms with Crippen LogP contribution in [0.3, 0.4) is 0 Å². The zero-order valence-corrected chi connectivity index (χ0v) is 15.1. The van der Waals surface area contributed by atoms with Crippen LogP contribution in [0.25, 0.3) is 0 Å². The zero-order chi connectivity index (χ0) is 18.4. The molecule has 1 aliphatic rings. The largest absolute Gasteiger partial charge is 0.368 e. The van der Waals surface area contributed by atoms with Gasteiger partial charge in [0.15, 0.2) is 0 Å². The lowest BCUT2D eigenvalue weighted by Gasteiger charge is -2.36. The first-order valence-corrected chi connectivity index (χ1v) is 9.07. The molecule has 1 amide bonds. The normalized spacial score (nSPS) is 14.3. The van der Waals surface area contributed by atoms with Gasteiger partial charge in [0.1, 0.15) is 12.4 Å². The van der Waals surface area contributed by atoms with Gasteiger partial charge < -0.3 is 15.1 Å². The van der Waals surface area contributed by atoms with Crippen molar-refractivity contribution in [3.63, 3.8) is 0 Å². The molecule has 0 unspecified atom stereocenters. The van der Waals surface area contributed by atoms with Gasteiger partial charge in [0, 0.05) is 44.5 Å². The fourth-order valence-electron chi connectivity index (χ4n) is 3.01. The van der Waals surface area contributed by atoms with Crippen LogP contribution in [-0.4, -0.2) is 48.4 Å². The van der Waals surface area contributed by atoms with Crippen molar-refractivity contribution >= 4 is 17.4 Å². The molecule has 0 aliphatic carbocycles. The lowest BCUT2D eigenvalue weighted by atomic mass is 10.2. The minimum absolute atomic E-state index is 0.0450. The summed E-state index contributed by atoms with van der Waals surface area (Å²) in [5, 5.41) is 7.16. The van der Waals surface area contributed by atoms with Crippen LogP contribution in [0.4, 0.5) is 11.5 Å². The Balaban J connectivity index is 1.64. The number of benzene rings is 1. The molecule has 1 aromatic heterocycles. The van der Waals surface area contributed by atoms with Gasteiger partial charge in [0.2, 0.25) is 5.91 Å². The van der Waals surface area contributed by atoms with Gasteiger partial charge in [0.05, 0.1) is 0 Å². The third kappa shape index (κ3) is 4.41. The zero-order valence-electron chi connectivity index (χ0n) is 15.1. The van der Waals surface area contributed by atoms with E-state index in [9.17, 15) is 9.59 Å². The third-order valence-electron chi connectivity index (χ3n) is 4.44. The molecule has 26 heavy (non-hydrogen) atoms. The molecule has 1 fully saturated rings. The van der Waals surface area contributed by atoms with Crippen LogP contribution in [0.2, 0.25) is 0 Å². The Morgan fingerprint density at radius 2 is 1.73 bits per heavy atom. The van der Waals surface area contributed by atoms with E-state index in [-0.39, 0.29) is 18.0 Å². The van der Waals surface area contributed by atoms with E-state index in [4.69, 9.17) is 0 Å². The number of carbonyl (C=O) groups is 1. The average Bonchev–Trinajstić information content (AvgIpc) is 2.69. The highest BCUT2D eigenvalue weighted by atomic mass is 16.2. The number of nitrogens with zero attached hydrogens (tertiary/aromatic N) is 4. The maximum absolute atomic E-state index is 12.0. The second kappa shape index (κ2) is 8.51. The van der Waals surface area contributed by atoms with Crippen molar-refractivity contribution in [1.29, 1.82) is 0 Å². The lowest BCUT2D eigenvalue weighted by Crippen LogP contribution is -2.47. The Morgan fingerprint density at radius 3 is 2.42 bits per heavy atom. The molecule has 0 bridgehead atoms. The number of para-hydroxylation sites is 1. The van der Waals surface area contributed by atoms with E-state index in [1.54, 1.807) is 6.07 Å². The van der Waals surface area contributed by atoms with Crippen molar-refractivity contribution in [3.05, 3.63) is 52.8 Å². The highest BCUT2D eigenvalue weighted by molar-refractivity contribution is 5.75. The van der Waals surface area contributed by atoms with Gasteiger partial charge in [-0.3, -0.25) is 9.59 Å². The van der Waals surface area contributed by atoms with Gasteiger partial charge in [-0.1, -0.05) is 25.1 Å². The summed E-state index contributed by atoms with van der Waals surface area (Å²) in [5.41, 5.74) is 0.959. The number of hydrogen-bond donors (Lipinski definition) is 1. The Hall–Kier alpha value is -2.83. The predicted octanol–water partition coefficient (Wildman–Crippen LogP) is 1.10. The quantitative estimate of drug-likeness (QED) is 0.840. The third-order valence-corrected chi connectivity index (χ3v) is 4.44. The molecule has 1 saturated heterocycles. The second-order valence-corrected chi connectivity index (χ2v) is 6.35. The molecule has 1 aliphatic heterocycles. The number of nitrogens with one attached hydrogen (secondary N) is 1. The van der Waals surface area contributed by atoms with Crippen molar-refractivity contribution in [3.8, 4) is 0 Å². The molecule has 7 nitrogen and oxygen atoms in total. The number of carbonyl (C=O) groups excluding carboxylic acids is 1. The molecular formula is C19H25N5O2. The first kappa shape index (κ1) is 18.0. The van der Waals surface area contributed by atoms with Gasteiger partial charge >= 0.3 is 0 Å². The maximum atomic E-state index is 12.0. The summed E-state index contributed by atoms with van der Waals surface area (Å²) in [7, 11) is 0. The van der Waals surface area contributed by atoms with Crippen molar-refractivity contribution in [1.82, 2.24) is 15.1 Å². The van der Waals surface area contributed by atoms with E-state index < -0.39 is 0 Å². The Morgan fingerprint density at radius 1 is 1.04 bits per heavy atom. The fourth-order valence-corrected chi connectivity index (χ4v) is 3.01. The molecular weight excluding hydrogens is 330 g/mol. The highest BCUT2D eigenvalue weighted by Crippen LogP contribution is 2.18. The first-order valence-electron chi connectivity index (χ1n) is 9.07. The summed E-state index contributed by atoms with van der Waals surface area (Å²) in [6.45, 7) is 5.97. The Labute approximate surface area is 153 Å². The standard InChI is InChI=1S/C19H25N5O2/c1-2-10-20-18(25)15-24-19(26)9-8-17(21-24)23-13-11-22(12-14-23)16-6-4-3-5-7-16/h3-9H,2,10-15H2,1H3,(H,20,25). The maximum Gasteiger partial charge on any atom is 0.267 e. The second-order valence-electron chi connectivity index (χ2n) is 6.35. The molecule has 0 saturated carbocycles. The van der Waals surface area contributed by atoms with Crippen LogP contribution < -0.4 is 20.7 Å². The topological polar surface area (TPSA) is 70.5 Å². The van der Waals surface area contributed by atoms with E-state index in [1.165, 1.54) is 16.4 Å². The van der Waals surface area contributed by atoms with E-state index in [0.717, 1.165) is 38.4 Å². The Kier molecular flexibility index (Phi) is 5.88. The summed E-state index contributed by atoms with van der Waals surface area (Å²) < 4.78 is 1.24. The SMILES string of the molecule is CCCNC(=O)Cn1nc(N2CCN(c3ccccc3)CC2)ccc1=O. The van der Waals surface area contributed by atoms with E-state index >= 15 is 0 Å². The molecule has 0 spiro atoms. The average molecular weight is 355 g/mol. The van der Waals surface area contributed by atoms with Gasteiger partial charge in [-0.15, -0.1) is 0 Å². The van der Waals surface area contributed by atoms with Gasteiger partial charge in [-0.05, 0) is 24.6 Å². The molecule has 3 rings (SSSR count). The molecule has 2 heterocycles. The monoisotopic (exact) mass is 355 g/mol. The minimum atomic E-state index is -0.261. The molecule has 1 N–H and O–H groups in total. The predicted molar refractivity (Wildman–Crippen MR) is 103 cm³/mol. The van der Waals surface area contributed by atoms with Crippen LogP contribution in [0.15, 0.2) is 47.3 Å². The van der Waals surface area contributed by atoms with Crippen molar-refractivity contribution in [2.24, 2.45) is 0 Å². The van der Waals surface area contributed by atoms with Gasteiger partial charge in [-0.2, -0.15) is 5.10 Å².